The van der Waals surface area contributed by atoms with Crippen LogP contribution in [0.5, 0.6) is 0 Å². The van der Waals surface area contributed by atoms with Gasteiger partial charge in [0.1, 0.15) is 5.76 Å². The van der Waals surface area contributed by atoms with Gasteiger partial charge in [0.05, 0.1) is 41.7 Å². The van der Waals surface area contributed by atoms with Gasteiger partial charge in [-0.3, -0.25) is 19.8 Å². The average molecular weight is 388 g/mol. The number of likely N-dealkylation sites (N-methyl/N-ethyl adjacent to an activating group) is 1. The molecule has 1 fully saturated rings. The van der Waals surface area contributed by atoms with Crippen molar-refractivity contribution in [2.75, 3.05) is 51.8 Å². The van der Waals surface area contributed by atoms with Gasteiger partial charge in [0, 0.05) is 31.8 Å². The number of furan rings is 1. The van der Waals surface area contributed by atoms with E-state index < -0.39 is 4.92 Å². The molecule has 3 rings (SSSR count). The minimum absolute atomic E-state index is 0.114. The molecule has 0 bridgehead atoms. The molecule has 28 heavy (non-hydrogen) atoms. The number of nitro benzene ring substituents is 1. The number of nitro groups is 1. The second-order valence-corrected chi connectivity index (χ2v) is 6.76. The van der Waals surface area contributed by atoms with Crippen molar-refractivity contribution in [2.24, 2.45) is 0 Å². The van der Waals surface area contributed by atoms with Gasteiger partial charge in [0.25, 0.3) is 11.6 Å². The number of rotatable bonds is 7. The molecule has 0 saturated carbocycles. The predicted molar refractivity (Wildman–Crippen MR) is 104 cm³/mol. The molecule has 0 spiro atoms. The molecule has 1 aliphatic heterocycles. The van der Waals surface area contributed by atoms with E-state index >= 15 is 0 Å². The van der Waals surface area contributed by atoms with Crippen LogP contribution in [0.25, 0.3) is 0 Å². The van der Waals surface area contributed by atoms with Crippen LogP contribution in [0.3, 0.4) is 0 Å². The highest BCUT2D eigenvalue weighted by Gasteiger charge is 2.24. The number of hydrogen-bond donors (Lipinski definition) is 1. The van der Waals surface area contributed by atoms with Crippen LogP contribution in [-0.4, -0.2) is 62.7 Å². The Morgan fingerprint density at radius 3 is 2.68 bits per heavy atom. The first-order valence-electron chi connectivity index (χ1n) is 9.06. The van der Waals surface area contributed by atoms with Crippen LogP contribution in [0.1, 0.15) is 22.2 Å². The molecule has 9 heteroatoms. The summed E-state index contributed by atoms with van der Waals surface area (Å²) < 4.78 is 10.8. The Hall–Kier alpha value is -2.91. The van der Waals surface area contributed by atoms with Crippen LogP contribution in [0, 0.1) is 10.1 Å². The fourth-order valence-corrected chi connectivity index (χ4v) is 3.20. The molecule has 1 unspecified atom stereocenters. The minimum atomic E-state index is -0.495. The van der Waals surface area contributed by atoms with Gasteiger partial charge in [-0.15, -0.1) is 0 Å². The van der Waals surface area contributed by atoms with E-state index in [0.29, 0.717) is 38.5 Å². The third-order valence-corrected chi connectivity index (χ3v) is 4.74. The molecule has 1 amide bonds. The maximum Gasteiger partial charge on any atom is 0.270 e. The van der Waals surface area contributed by atoms with Crippen LogP contribution >= 0.6 is 0 Å². The first-order chi connectivity index (χ1) is 13.5. The number of morpholine rings is 1. The SMILES string of the molecule is CN(C)C(CNC(=O)c1cc([N+](=O)[O-])ccc1N1CCOCC1)c1ccco1. The average Bonchev–Trinajstić information content (AvgIpc) is 3.22. The summed E-state index contributed by atoms with van der Waals surface area (Å²) >= 11 is 0. The second-order valence-electron chi connectivity index (χ2n) is 6.76. The molecular weight excluding hydrogens is 364 g/mol. The van der Waals surface area contributed by atoms with Crippen molar-refractivity contribution in [3.63, 3.8) is 0 Å². The van der Waals surface area contributed by atoms with E-state index in [2.05, 4.69) is 5.32 Å². The topological polar surface area (TPSA) is 101 Å². The Bertz CT molecular complexity index is 816. The first-order valence-corrected chi connectivity index (χ1v) is 9.06. The molecule has 1 saturated heterocycles. The van der Waals surface area contributed by atoms with Crippen molar-refractivity contribution in [3.8, 4) is 0 Å². The molecule has 1 atom stereocenters. The Morgan fingerprint density at radius 1 is 1.32 bits per heavy atom. The highest BCUT2D eigenvalue weighted by atomic mass is 16.6. The number of carbonyl (C=O) groups is 1. The molecule has 1 aromatic carbocycles. The van der Waals surface area contributed by atoms with Crippen molar-refractivity contribution in [3.05, 3.63) is 58.0 Å². The quantitative estimate of drug-likeness (QED) is 0.572. The third-order valence-electron chi connectivity index (χ3n) is 4.74. The number of amides is 1. The zero-order valence-corrected chi connectivity index (χ0v) is 16.0. The van der Waals surface area contributed by atoms with E-state index in [0.717, 1.165) is 5.76 Å². The van der Waals surface area contributed by atoms with Crippen molar-refractivity contribution in [2.45, 2.75) is 6.04 Å². The van der Waals surface area contributed by atoms with Gasteiger partial charge in [-0.25, -0.2) is 0 Å². The number of nitrogens with zero attached hydrogens (tertiary/aromatic N) is 3. The molecule has 9 nitrogen and oxygen atoms in total. The Labute approximate surface area is 163 Å². The van der Waals surface area contributed by atoms with Crippen LogP contribution in [0.15, 0.2) is 41.0 Å². The van der Waals surface area contributed by atoms with Gasteiger partial charge in [-0.2, -0.15) is 0 Å². The lowest BCUT2D eigenvalue weighted by molar-refractivity contribution is -0.384. The largest absolute Gasteiger partial charge is 0.468 e. The molecule has 1 aliphatic rings. The fraction of sp³-hybridized carbons (Fsp3) is 0.421. The highest BCUT2D eigenvalue weighted by Crippen LogP contribution is 2.27. The molecule has 1 aromatic heterocycles. The third kappa shape index (κ3) is 4.49. The van der Waals surface area contributed by atoms with E-state index in [4.69, 9.17) is 9.15 Å². The smallest absolute Gasteiger partial charge is 0.270 e. The van der Waals surface area contributed by atoms with E-state index in [1.807, 2.05) is 30.0 Å². The summed E-state index contributed by atoms with van der Waals surface area (Å²) in [6.45, 7) is 2.68. The summed E-state index contributed by atoms with van der Waals surface area (Å²) in [5, 5.41) is 14.1. The number of ether oxygens (including phenoxy) is 1. The zero-order valence-electron chi connectivity index (χ0n) is 16.0. The number of non-ortho nitro benzene ring substituents is 1. The summed E-state index contributed by atoms with van der Waals surface area (Å²) in [6.07, 6.45) is 1.59. The summed E-state index contributed by atoms with van der Waals surface area (Å²) in [6, 6.07) is 7.89. The van der Waals surface area contributed by atoms with Crippen LogP contribution in [0.2, 0.25) is 0 Å². The van der Waals surface area contributed by atoms with Crippen LogP contribution in [0.4, 0.5) is 11.4 Å². The van der Waals surface area contributed by atoms with Crippen LogP contribution in [-0.2, 0) is 4.74 Å². The van der Waals surface area contributed by atoms with Crippen molar-refractivity contribution >= 4 is 17.3 Å². The lowest BCUT2D eigenvalue weighted by Gasteiger charge is -2.30. The summed E-state index contributed by atoms with van der Waals surface area (Å²) in [4.78, 5) is 27.6. The molecule has 1 N–H and O–H groups in total. The highest BCUT2D eigenvalue weighted by molar-refractivity contribution is 6.00. The number of anilines is 1. The van der Waals surface area contributed by atoms with Crippen LogP contribution < -0.4 is 10.2 Å². The molecular formula is C19H24N4O5. The maximum atomic E-state index is 12.9. The number of benzene rings is 1. The first kappa shape index (κ1) is 19.8. The van der Waals surface area contributed by atoms with Crippen molar-refractivity contribution < 1.29 is 18.9 Å². The van der Waals surface area contributed by atoms with E-state index in [1.54, 1.807) is 18.4 Å². The lowest BCUT2D eigenvalue weighted by Crippen LogP contribution is -2.39. The number of nitrogens with one attached hydrogen (secondary N) is 1. The Morgan fingerprint density at radius 2 is 2.07 bits per heavy atom. The van der Waals surface area contributed by atoms with Gasteiger partial charge in [0.15, 0.2) is 0 Å². The zero-order chi connectivity index (χ0) is 20.1. The van der Waals surface area contributed by atoms with Crippen molar-refractivity contribution in [1.82, 2.24) is 10.2 Å². The second kappa shape index (κ2) is 8.85. The van der Waals surface area contributed by atoms with Gasteiger partial charge >= 0.3 is 0 Å². The summed E-state index contributed by atoms with van der Waals surface area (Å²) in [5.74, 6) is 0.376. The lowest BCUT2D eigenvalue weighted by atomic mass is 10.1. The van der Waals surface area contributed by atoms with E-state index in [-0.39, 0.29) is 23.2 Å². The maximum absolute atomic E-state index is 12.9. The Balaban J connectivity index is 1.82. The standard InChI is InChI=1S/C19H24N4O5/c1-21(2)17(18-4-3-9-28-18)13-20-19(24)15-12-14(23(25)26)5-6-16(15)22-7-10-27-11-8-22/h3-6,9,12,17H,7-8,10-11,13H2,1-2H3,(H,20,24). The van der Waals surface area contributed by atoms with E-state index in [9.17, 15) is 14.9 Å². The summed E-state index contributed by atoms with van der Waals surface area (Å²) in [7, 11) is 3.79. The van der Waals surface area contributed by atoms with E-state index in [1.165, 1.54) is 12.1 Å². The van der Waals surface area contributed by atoms with Crippen molar-refractivity contribution in [1.29, 1.82) is 0 Å². The number of hydrogen-bond acceptors (Lipinski definition) is 7. The predicted octanol–water partition coefficient (Wildman–Crippen LogP) is 2.06. The van der Waals surface area contributed by atoms with Gasteiger partial charge < -0.3 is 19.4 Å². The molecule has 2 aromatic rings. The number of carbonyl (C=O) groups excluding carboxylic acids is 1. The minimum Gasteiger partial charge on any atom is -0.468 e. The fourth-order valence-electron chi connectivity index (χ4n) is 3.20. The van der Waals surface area contributed by atoms with Gasteiger partial charge in [-0.05, 0) is 32.3 Å². The molecule has 2 heterocycles. The monoisotopic (exact) mass is 388 g/mol. The van der Waals surface area contributed by atoms with Gasteiger partial charge in [0.2, 0.25) is 0 Å². The molecule has 0 aliphatic carbocycles. The normalized spacial score (nSPS) is 15.5. The Kier molecular flexibility index (Phi) is 6.27. The molecule has 150 valence electrons. The molecule has 0 radical (unpaired) electrons. The van der Waals surface area contributed by atoms with Gasteiger partial charge in [-0.1, -0.05) is 0 Å². The summed E-state index contributed by atoms with van der Waals surface area (Å²) in [5.41, 5.74) is 0.844.